The first-order valence-electron chi connectivity index (χ1n) is 9.15. The maximum absolute atomic E-state index is 11.9. The molecule has 0 aliphatic carbocycles. The van der Waals surface area contributed by atoms with Crippen LogP contribution in [0.1, 0.15) is 17.4 Å². The monoisotopic (exact) mass is 364 g/mol. The molecule has 0 fully saturated rings. The van der Waals surface area contributed by atoms with Gasteiger partial charge in [-0.25, -0.2) is 4.79 Å². The van der Waals surface area contributed by atoms with Crippen molar-refractivity contribution in [1.29, 1.82) is 0 Å². The van der Waals surface area contributed by atoms with Crippen molar-refractivity contribution in [1.82, 2.24) is 29.9 Å². The molecule has 1 aliphatic rings. The van der Waals surface area contributed by atoms with Gasteiger partial charge < -0.3 is 10.2 Å². The normalized spacial score (nSPS) is 16.9. The summed E-state index contributed by atoms with van der Waals surface area (Å²) in [7, 11) is 3.49. The summed E-state index contributed by atoms with van der Waals surface area (Å²) in [5.74, 6) is 0. The van der Waals surface area contributed by atoms with Crippen LogP contribution in [0.15, 0.2) is 48.7 Å². The van der Waals surface area contributed by atoms with Crippen LogP contribution in [0.5, 0.6) is 0 Å². The molecule has 3 heterocycles. The number of amides is 2. The van der Waals surface area contributed by atoms with E-state index < -0.39 is 0 Å². The van der Waals surface area contributed by atoms with Crippen molar-refractivity contribution in [3.8, 4) is 0 Å². The van der Waals surface area contributed by atoms with Gasteiger partial charge in [0.05, 0.1) is 22.9 Å². The molecule has 0 bridgehead atoms. The van der Waals surface area contributed by atoms with Gasteiger partial charge in [0.25, 0.3) is 0 Å². The standard InChI is InChI=1S/C20H24N6O/c1-24(2)20(27)21-11-18-14-25(13-17-9-10-22-26(17)18)12-16-8-7-15-5-3-4-6-19(15)23-16/h3-10,18H,11-14H2,1-2H3,(H,21,27). The van der Waals surface area contributed by atoms with Crippen LogP contribution in [0, 0.1) is 0 Å². The molecule has 1 N–H and O–H groups in total. The smallest absolute Gasteiger partial charge is 0.316 e. The number of carbonyl (C=O) groups excluding carboxylic acids is 1. The van der Waals surface area contributed by atoms with Gasteiger partial charge >= 0.3 is 6.03 Å². The van der Waals surface area contributed by atoms with Gasteiger partial charge in [0.1, 0.15) is 0 Å². The number of hydrogen-bond donors (Lipinski definition) is 1. The number of hydrogen-bond acceptors (Lipinski definition) is 4. The van der Waals surface area contributed by atoms with Crippen LogP contribution in [0.25, 0.3) is 10.9 Å². The number of rotatable bonds is 4. The number of fused-ring (bicyclic) bond motifs is 2. The van der Waals surface area contributed by atoms with E-state index >= 15 is 0 Å². The third-order valence-electron chi connectivity index (χ3n) is 4.89. The molecule has 2 aromatic heterocycles. The largest absolute Gasteiger partial charge is 0.336 e. The van der Waals surface area contributed by atoms with Crippen LogP contribution in [-0.4, -0.2) is 57.8 Å². The van der Waals surface area contributed by atoms with Crippen LogP contribution in [0.3, 0.4) is 0 Å². The molecule has 0 radical (unpaired) electrons. The number of benzene rings is 1. The molecule has 3 aromatic rings. The molecule has 0 saturated carbocycles. The molecule has 4 rings (SSSR count). The van der Waals surface area contributed by atoms with E-state index in [2.05, 4.69) is 33.5 Å². The molecule has 140 valence electrons. The zero-order chi connectivity index (χ0) is 18.8. The van der Waals surface area contributed by atoms with Gasteiger partial charge in [-0.15, -0.1) is 0 Å². The fourth-order valence-electron chi connectivity index (χ4n) is 3.52. The Morgan fingerprint density at radius 3 is 2.93 bits per heavy atom. The van der Waals surface area contributed by atoms with Gasteiger partial charge in [0.2, 0.25) is 0 Å². The lowest BCUT2D eigenvalue weighted by atomic mass is 10.1. The quantitative estimate of drug-likeness (QED) is 0.771. The number of para-hydroxylation sites is 1. The summed E-state index contributed by atoms with van der Waals surface area (Å²) >= 11 is 0. The Balaban J connectivity index is 1.49. The summed E-state index contributed by atoms with van der Waals surface area (Å²) < 4.78 is 2.03. The zero-order valence-corrected chi connectivity index (χ0v) is 15.7. The predicted molar refractivity (Wildman–Crippen MR) is 104 cm³/mol. The molecule has 27 heavy (non-hydrogen) atoms. The van der Waals surface area contributed by atoms with Gasteiger partial charge in [-0.05, 0) is 18.2 Å². The lowest BCUT2D eigenvalue weighted by Crippen LogP contribution is -2.44. The van der Waals surface area contributed by atoms with Crippen LogP contribution in [-0.2, 0) is 13.1 Å². The van der Waals surface area contributed by atoms with Crippen molar-refractivity contribution < 1.29 is 4.79 Å². The summed E-state index contributed by atoms with van der Waals surface area (Å²) in [6, 6.07) is 14.5. The lowest BCUT2D eigenvalue weighted by molar-refractivity contribution is 0.161. The van der Waals surface area contributed by atoms with Gasteiger partial charge in [-0.3, -0.25) is 14.6 Å². The van der Waals surface area contributed by atoms with E-state index in [1.165, 1.54) is 0 Å². The van der Waals surface area contributed by atoms with Crippen LogP contribution < -0.4 is 5.32 Å². The first-order chi connectivity index (χ1) is 13.1. The second-order valence-corrected chi connectivity index (χ2v) is 7.17. The number of carbonyl (C=O) groups is 1. The zero-order valence-electron chi connectivity index (χ0n) is 15.7. The summed E-state index contributed by atoms with van der Waals surface area (Å²) in [5, 5.41) is 8.58. The fourth-order valence-corrected chi connectivity index (χ4v) is 3.52. The molecule has 0 spiro atoms. The number of pyridine rings is 1. The van der Waals surface area contributed by atoms with E-state index in [0.717, 1.165) is 41.9 Å². The third-order valence-corrected chi connectivity index (χ3v) is 4.89. The average molecular weight is 364 g/mol. The molecule has 2 amide bonds. The molecule has 7 heteroatoms. The predicted octanol–water partition coefficient (Wildman–Crippen LogP) is 2.26. The van der Waals surface area contributed by atoms with Crippen LogP contribution in [0.2, 0.25) is 0 Å². The summed E-state index contributed by atoms with van der Waals surface area (Å²) in [5.41, 5.74) is 3.23. The minimum atomic E-state index is -0.0861. The fraction of sp³-hybridized carbons (Fsp3) is 0.350. The molecule has 0 saturated heterocycles. The number of nitrogens with one attached hydrogen (secondary N) is 1. The second-order valence-electron chi connectivity index (χ2n) is 7.17. The van der Waals surface area contributed by atoms with Crippen molar-refractivity contribution >= 4 is 16.9 Å². The number of aromatic nitrogens is 3. The maximum atomic E-state index is 11.9. The molecular formula is C20H24N6O. The van der Waals surface area contributed by atoms with Crippen molar-refractivity contribution in [3.05, 3.63) is 60.0 Å². The SMILES string of the molecule is CN(C)C(=O)NCC1CN(Cc2ccc3ccccc3n2)Cc2ccnn21. The van der Waals surface area contributed by atoms with Crippen LogP contribution >= 0.6 is 0 Å². The van der Waals surface area contributed by atoms with E-state index in [0.29, 0.717) is 6.54 Å². The highest BCUT2D eigenvalue weighted by Crippen LogP contribution is 2.22. The van der Waals surface area contributed by atoms with E-state index in [4.69, 9.17) is 4.98 Å². The first-order valence-corrected chi connectivity index (χ1v) is 9.15. The Hall–Kier alpha value is -2.93. The average Bonchev–Trinajstić information content (AvgIpc) is 3.14. The van der Waals surface area contributed by atoms with Gasteiger partial charge in [-0.1, -0.05) is 24.3 Å². The van der Waals surface area contributed by atoms with Gasteiger partial charge in [-0.2, -0.15) is 5.10 Å². The second kappa shape index (κ2) is 7.36. The minimum Gasteiger partial charge on any atom is -0.336 e. The third kappa shape index (κ3) is 3.78. The molecule has 1 aromatic carbocycles. The molecule has 1 unspecified atom stereocenters. The maximum Gasteiger partial charge on any atom is 0.316 e. The van der Waals surface area contributed by atoms with E-state index in [9.17, 15) is 4.79 Å². The highest BCUT2D eigenvalue weighted by Gasteiger charge is 2.26. The van der Waals surface area contributed by atoms with Crippen molar-refractivity contribution in [2.45, 2.75) is 19.1 Å². The highest BCUT2D eigenvalue weighted by molar-refractivity contribution is 5.78. The first kappa shape index (κ1) is 17.5. The number of urea groups is 1. The van der Waals surface area contributed by atoms with Crippen molar-refractivity contribution in [2.24, 2.45) is 0 Å². The van der Waals surface area contributed by atoms with Crippen molar-refractivity contribution in [3.63, 3.8) is 0 Å². The summed E-state index contributed by atoms with van der Waals surface area (Å²) in [6.45, 7) is 2.96. The molecule has 7 nitrogen and oxygen atoms in total. The number of nitrogens with zero attached hydrogens (tertiary/aromatic N) is 5. The Labute approximate surface area is 158 Å². The van der Waals surface area contributed by atoms with Crippen LogP contribution in [0.4, 0.5) is 4.79 Å². The molecular weight excluding hydrogens is 340 g/mol. The Kier molecular flexibility index (Phi) is 4.77. The topological polar surface area (TPSA) is 66.3 Å². The molecule has 1 atom stereocenters. The van der Waals surface area contributed by atoms with Crippen molar-refractivity contribution in [2.75, 3.05) is 27.2 Å². The Bertz CT molecular complexity index is 950. The Morgan fingerprint density at radius 1 is 1.22 bits per heavy atom. The molecule has 1 aliphatic heterocycles. The summed E-state index contributed by atoms with van der Waals surface area (Å²) in [6.07, 6.45) is 1.83. The van der Waals surface area contributed by atoms with E-state index in [1.54, 1.807) is 19.0 Å². The van der Waals surface area contributed by atoms with E-state index in [1.807, 2.05) is 35.1 Å². The highest BCUT2D eigenvalue weighted by atomic mass is 16.2. The lowest BCUT2D eigenvalue weighted by Gasteiger charge is -2.34. The summed E-state index contributed by atoms with van der Waals surface area (Å²) in [4.78, 5) is 20.6. The van der Waals surface area contributed by atoms with E-state index in [-0.39, 0.29) is 12.1 Å². The Morgan fingerprint density at radius 2 is 2.07 bits per heavy atom. The van der Waals surface area contributed by atoms with Gasteiger partial charge in [0.15, 0.2) is 0 Å². The minimum absolute atomic E-state index is 0.0861. The van der Waals surface area contributed by atoms with Gasteiger partial charge in [0, 0.05) is 51.9 Å².